The molecule has 0 aromatic carbocycles. The Morgan fingerprint density at radius 3 is 1.55 bits per heavy atom. The van der Waals surface area contributed by atoms with Gasteiger partial charge in [-0.25, -0.2) is 0 Å². The van der Waals surface area contributed by atoms with E-state index in [0.717, 1.165) is 12.1 Å². The predicted octanol–water partition coefficient (Wildman–Crippen LogP) is 6.48. The average Bonchev–Trinajstić information content (AvgIpc) is 3.00. The number of hydrogen-bond donors (Lipinski definition) is 0. The fourth-order valence-corrected chi connectivity index (χ4v) is 5.95. The second-order valence-corrected chi connectivity index (χ2v) is 17.2. The van der Waals surface area contributed by atoms with Crippen molar-refractivity contribution in [3.05, 3.63) is 42.0 Å². The number of hydrogen-bond acceptors (Lipinski definition) is 0. The molecule has 0 aliphatic heterocycles. The van der Waals surface area contributed by atoms with E-state index in [1.54, 1.807) is 6.56 Å². The van der Waals surface area contributed by atoms with Crippen LogP contribution in [0, 0.1) is 0 Å². The van der Waals surface area contributed by atoms with Gasteiger partial charge >= 0.3 is 91.9 Å². The number of halogens is 2. The summed E-state index contributed by atoms with van der Waals surface area (Å²) in [6, 6.07) is 1.93. The first kappa shape index (κ1) is 18.7. The van der Waals surface area contributed by atoms with E-state index in [-0.39, 0.29) is 23.2 Å². The molecule has 0 fully saturated rings. The molecule has 0 heterocycles. The molecule has 0 saturated heterocycles. The Hall–Kier alpha value is 0.640. The summed E-state index contributed by atoms with van der Waals surface area (Å²) in [5, 5.41) is 0. The fraction of sp³-hybridized carbons (Fsp3) is 0.500. The Balaban J connectivity index is 0.000000246. The molecule has 0 amide bonds. The van der Waals surface area contributed by atoms with Crippen LogP contribution in [0.4, 0.5) is 0 Å². The van der Waals surface area contributed by atoms with Gasteiger partial charge in [0.2, 0.25) is 0 Å². The van der Waals surface area contributed by atoms with Crippen molar-refractivity contribution in [2.45, 2.75) is 52.6 Å². The molecule has 0 nitrogen and oxygen atoms in total. The van der Waals surface area contributed by atoms with E-state index in [1.807, 2.05) is 13.8 Å². The molecule has 0 aromatic heterocycles. The van der Waals surface area contributed by atoms with Crippen molar-refractivity contribution in [2.75, 3.05) is 0 Å². The van der Waals surface area contributed by atoms with Crippen LogP contribution in [0.25, 0.3) is 0 Å². The van der Waals surface area contributed by atoms with Crippen molar-refractivity contribution in [1.82, 2.24) is 0 Å². The molecular formula is C16H24Cl2SiZr. The van der Waals surface area contributed by atoms with Gasteiger partial charge < -0.3 is 0 Å². The Kier molecular flexibility index (Phi) is 8.35. The largest absolute Gasteiger partial charge is 0.250 e. The molecule has 2 aliphatic rings. The van der Waals surface area contributed by atoms with E-state index in [9.17, 15) is 0 Å². The van der Waals surface area contributed by atoms with Crippen molar-refractivity contribution in [3.63, 3.8) is 0 Å². The molecule has 2 aliphatic carbocycles. The molecular weight excluding hydrogens is 382 g/mol. The van der Waals surface area contributed by atoms with Gasteiger partial charge in [0.15, 0.2) is 0 Å². The van der Waals surface area contributed by atoms with Crippen LogP contribution in [0.3, 0.4) is 0 Å². The standard InChI is InChI=1S/2C6H7.C4H10Cl2Si.Zr/c2*1-6-4-2-3-5-6;1-3-7(5,6)4-2;/h2*4-5H,2H2,1H3;3-4H2,1-2H3;. The zero-order valence-electron chi connectivity index (χ0n) is 12.9. The molecule has 0 aromatic rings. The van der Waals surface area contributed by atoms with Crippen molar-refractivity contribution < 1.29 is 23.2 Å². The zero-order valence-corrected chi connectivity index (χ0v) is 17.9. The average molecular weight is 407 g/mol. The summed E-state index contributed by atoms with van der Waals surface area (Å²) in [5.74, 6) is 0. The Labute approximate surface area is 146 Å². The Bertz CT molecular complexity index is 419. The van der Waals surface area contributed by atoms with E-state index in [0.29, 0.717) is 0 Å². The van der Waals surface area contributed by atoms with Crippen LogP contribution >= 0.6 is 22.2 Å². The van der Waals surface area contributed by atoms with E-state index < -0.39 is 6.69 Å². The molecule has 0 radical (unpaired) electrons. The molecule has 0 atom stereocenters. The summed E-state index contributed by atoms with van der Waals surface area (Å²) in [5.41, 5.74) is 2.94. The number of rotatable bonds is 4. The van der Waals surface area contributed by atoms with Crippen molar-refractivity contribution in [3.8, 4) is 0 Å². The van der Waals surface area contributed by atoms with Gasteiger partial charge in [0.05, 0.1) is 0 Å². The fourth-order valence-electron chi connectivity index (χ4n) is 1.96. The van der Waals surface area contributed by atoms with Gasteiger partial charge in [0, 0.05) is 0 Å². The van der Waals surface area contributed by atoms with E-state index in [2.05, 4.69) is 38.2 Å². The quantitative estimate of drug-likeness (QED) is 0.370. The van der Waals surface area contributed by atoms with Gasteiger partial charge in [0.1, 0.15) is 0 Å². The minimum Gasteiger partial charge on any atom is -0.146 e. The number of allylic oxidation sites excluding steroid dienone is 8. The van der Waals surface area contributed by atoms with E-state index in [4.69, 9.17) is 22.2 Å². The maximum absolute atomic E-state index is 5.81. The minimum absolute atomic E-state index is 0.364. The molecule has 0 spiro atoms. The summed E-state index contributed by atoms with van der Waals surface area (Å²) in [4.78, 5) is 0. The maximum atomic E-state index is 5.81. The molecule has 2 rings (SSSR count). The topological polar surface area (TPSA) is 0 Å². The SMILES string of the molecule is CC1=CC[C]([Zr][C]2=CC(C)=CC2)=C1.CC[Si](Cl)(Cl)CC. The summed E-state index contributed by atoms with van der Waals surface area (Å²) in [6.45, 7) is 6.78. The van der Waals surface area contributed by atoms with Crippen molar-refractivity contribution in [1.29, 1.82) is 0 Å². The van der Waals surface area contributed by atoms with Crippen LogP contribution in [-0.4, -0.2) is 6.69 Å². The zero-order chi connectivity index (χ0) is 15.2. The second-order valence-electron chi connectivity index (χ2n) is 5.33. The monoisotopic (exact) mass is 404 g/mol. The molecule has 0 bridgehead atoms. The summed E-state index contributed by atoms with van der Waals surface area (Å²) in [6.07, 6.45) is 12.0. The molecule has 0 saturated carbocycles. The Morgan fingerprint density at radius 1 is 0.950 bits per heavy atom. The first-order valence-corrected chi connectivity index (χ1v) is 14.2. The third kappa shape index (κ3) is 7.07. The van der Waals surface area contributed by atoms with Gasteiger partial charge in [-0.05, 0) is 12.1 Å². The first-order valence-electron chi connectivity index (χ1n) is 7.25. The molecule has 0 N–H and O–H groups in total. The van der Waals surface area contributed by atoms with Crippen molar-refractivity contribution >= 4 is 28.9 Å². The van der Waals surface area contributed by atoms with E-state index in [1.165, 1.54) is 24.0 Å². The normalized spacial score (nSPS) is 17.7. The van der Waals surface area contributed by atoms with Gasteiger partial charge in [0.25, 0.3) is 6.69 Å². The van der Waals surface area contributed by atoms with Gasteiger partial charge in [-0.3, -0.25) is 0 Å². The van der Waals surface area contributed by atoms with Gasteiger partial charge in [-0.2, -0.15) is 0 Å². The predicted molar refractivity (Wildman–Crippen MR) is 91.3 cm³/mol. The second kappa shape index (κ2) is 8.93. The van der Waals surface area contributed by atoms with Crippen LogP contribution in [-0.2, 0) is 23.2 Å². The van der Waals surface area contributed by atoms with Crippen LogP contribution in [0.1, 0.15) is 40.5 Å². The van der Waals surface area contributed by atoms with Crippen LogP contribution in [0.15, 0.2) is 42.0 Å². The van der Waals surface area contributed by atoms with E-state index >= 15 is 0 Å². The third-order valence-electron chi connectivity index (χ3n) is 3.45. The van der Waals surface area contributed by atoms with Gasteiger partial charge in [-0.1, -0.05) is 13.8 Å². The summed E-state index contributed by atoms with van der Waals surface area (Å²) < 4.78 is 3.49. The summed E-state index contributed by atoms with van der Waals surface area (Å²) in [7, 11) is 0. The molecule has 4 heteroatoms. The molecule has 20 heavy (non-hydrogen) atoms. The Morgan fingerprint density at radius 2 is 1.35 bits per heavy atom. The van der Waals surface area contributed by atoms with Crippen LogP contribution in [0.5, 0.6) is 0 Å². The third-order valence-corrected chi connectivity index (χ3v) is 12.0. The maximum Gasteiger partial charge on any atom is 0.250 e. The smallest absolute Gasteiger partial charge is 0.146 e. The molecule has 0 unspecified atom stereocenters. The summed E-state index contributed by atoms with van der Waals surface area (Å²) >= 11 is 11.3. The van der Waals surface area contributed by atoms with Gasteiger partial charge in [-0.15, -0.1) is 22.2 Å². The molecule has 110 valence electrons. The van der Waals surface area contributed by atoms with Crippen molar-refractivity contribution in [2.24, 2.45) is 0 Å². The first-order chi connectivity index (χ1) is 9.36. The van der Waals surface area contributed by atoms with Crippen LogP contribution < -0.4 is 0 Å². The van der Waals surface area contributed by atoms with Crippen LogP contribution in [0.2, 0.25) is 12.1 Å². The minimum atomic E-state index is -1.71.